The van der Waals surface area contributed by atoms with Gasteiger partial charge in [-0.3, -0.25) is 10.4 Å². The van der Waals surface area contributed by atoms with Crippen LogP contribution in [0.25, 0.3) is 11.4 Å². The van der Waals surface area contributed by atoms with Gasteiger partial charge in [-0.05, 0) is 82.1 Å². The molecule has 1 heterocycles. The summed E-state index contributed by atoms with van der Waals surface area (Å²) in [5.41, 5.74) is 18.5. The minimum atomic E-state index is 0.300. The van der Waals surface area contributed by atoms with Crippen LogP contribution in [-0.2, 0) is 12.8 Å². The van der Waals surface area contributed by atoms with Crippen LogP contribution in [0.15, 0.2) is 90.3 Å². The fourth-order valence-corrected chi connectivity index (χ4v) is 5.80. The quantitative estimate of drug-likeness (QED) is 0.373. The molecule has 1 atom stereocenters. The molecule has 0 fully saturated rings. The number of nitrogens with zero attached hydrogens (tertiary/aromatic N) is 3. The molecular formula is C31H35N5. The van der Waals surface area contributed by atoms with Crippen molar-refractivity contribution in [1.82, 2.24) is 9.55 Å². The van der Waals surface area contributed by atoms with Crippen molar-refractivity contribution >= 4 is 11.4 Å². The second-order valence-corrected chi connectivity index (χ2v) is 10.0. The minimum absolute atomic E-state index is 0.300. The molecule has 0 bridgehead atoms. The first-order valence-electron chi connectivity index (χ1n) is 13.4. The molecular weight excluding hydrogens is 442 g/mol. The smallest absolute Gasteiger partial charge is 0.143 e. The van der Waals surface area contributed by atoms with Crippen molar-refractivity contribution in [1.29, 1.82) is 0 Å². The van der Waals surface area contributed by atoms with Gasteiger partial charge in [0, 0.05) is 17.0 Å². The molecule has 0 saturated heterocycles. The van der Waals surface area contributed by atoms with E-state index < -0.39 is 0 Å². The van der Waals surface area contributed by atoms with Crippen LogP contribution in [0.2, 0.25) is 0 Å². The Labute approximate surface area is 214 Å². The van der Waals surface area contributed by atoms with Crippen LogP contribution in [0, 0.1) is 0 Å². The Kier molecular flexibility index (Phi) is 6.37. The summed E-state index contributed by atoms with van der Waals surface area (Å²) in [6.45, 7) is 0. The number of para-hydroxylation sites is 2. The summed E-state index contributed by atoms with van der Waals surface area (Å²) in [7, 11) is 0. The molecule has 5 nitrogen and oxygen atoms in total. The maximum Gasteiger partial charge on any atom is 0.143 e. The monoisotopic (exact) mass is 477 g/mol. The normalized spacial score (nSPS) is 19.3. The van der Waals surface area contributed by atoms with Gasteiger partial charge in [0.1, 0.15) is 5.82 Å². The van der Waals surface area contributed by atoms with E-state index in [0.717, 1.165) is 73.4 Å². The topological polar surface area (TPSA) is 59.1 Å². The molecule has 2 aromatic carbocycles. The summed E-state index contributed by atoms with van der Waals surface area (Å²) in [5.74, 6) is 1.06. The molecule has 0 radical (unpaired) electrons. The molecule has 3 aliphatic rings. The van der Waals surface area contributed by atoms with E-state index in [2.05, 4.69) is 93.9 Å². The number of hydrogen-bond acceptors (Lipinski definition) is 4. The second-order valence-electron chi connectivity index (χ2n) is 10.0. The Bertz CT molecular complexity index is 1310. The highest BCUT2D eigenvalue weighted by Gasteiger charge is 2.27. The van der Waals surface area contributed by atoms with E-state index in [1.54, 1.807) is 0 Å². The number of aromatic nitrogens is 2. The van der Waals surface area contributed by atoms with E-state index >= 15 is 0 Å². The van der Waals surface area contributed by atoms with Gasteiger partial charge in [0.25, 0.3) is 0 Å². The zero-order valence-corrected chi connectivity index (χ0v) is 20.9. The number of hydrogen-bond donors (Lipinski definition) is 2. The third-order valence-electron chi connectivity index (χ3n) is 7.62. The largest absolute Gasteiger partial charge is 0.401 e. The van der Waals surface area contributed by atoms with Crippen molar-refractivity contribution in [3.63, 3.8) is 0 Å². The number of anilines is 2. The van der Waals surface area contributed by atoms with E-state index in [4.69, 9.17) is 10.7 Å². The highest BCUT2D eigenvalue weighted by atomic mass is 15.5. The van der Waals surface area contributed by atoms with E-state index in [9.17, 15) is 0 Å². The molecule has 1 unspecified atom stereocenters. The zero-order valence-electron chi connectivity index (χ0n) is 20.9. The Morgan fingerprint density at radius 1 is 0.861 bits per heavy atom. The fourth-order valence-electron chi connectivity index (χ4n) is 5.80. The Balaban J connectivity index is 1.45. The summed E-state index contributed by atoms with van der Waals surface area (Å²) >= 11 is 0. The van der Waals surface area contributed by atoms with Crippen LogP contribution < -0.4 is 16.2 Å². The standard InChI is InChI=1S/C31H35N5/c32-26-18-8-11-21-29(26)36(24-15-5-2-6-16-24)34-27-19-9-7-17-25(27)31-33-28-20-10-12-22-30(28)35(31)23-13-3-1-4-14-23/h1-7,9,13,15-17,19,23,34H,8,10-12,14,18,20-22,32H2. The number of aryl methyl sites for hydroxylation is 1. The molecule has 5 heteroatoms. The van der Waals surface area contributed by atoms with Crippen molar-refractivity contribution in [3.05, 3.63) is 102 Å². The fraction of sp³-hybridized carbons (Fsp3) is 0.323. The van der Waals surface area contributed by atoms with E-state index in [1.165, 1.54) is 29.9 Å². The molecule has 36 heavy (non-hydrogen) atoms. The van der Waals surface area contributed by atoms with Crippen LogP contribution in [0.1, 0.15) is 62.4 Å². The second kappa shape index (κ2) is 10.1. The third-order valence-corrected chi connectivity index (χ3v) is 7.62. The van der Waals surface area contributed by atoms with E-state index in [0.29, 0.717) is 6.04 Å². The van der Waals surface area contributed by atoms with Crippen molar-refractivity contribution in [2.24, 2.45) is 5.73 Å². The number of fused-ring (bicyclic) bond motifs is 1. The van der Waals surface area contributed by atoms with Crippen LogP contribution in [0.3, 0.4) is 0 Å². The number of hydrazine groups is 1. The molecule has 3 N–H and O–H groups in total. The zero-order chi connectivity index (χ0) is 24.3. The highest BCUT2D eigenvalue weighted by molar-refractivity contribution is 5.77. The van der Waals surface area contributed by atoms with Crippen LogP contribution in [0.4, 0.5) is 11.4 Å². The lowest BCUT2D eigenvalue weighted by molar-refractivity contribution is 0.558. The van der Waals surface area contributed by atoms with Gasteiger partial charge in [0.05, 0.1) is 28.8 Å². The summed E-state index contributed by atoms with van der Waals surface area (Å²) < 4.78 is 2.51. The lowest BCUT2D eigenvalue weighted by Crippen LogP contribution is -2.33. The van der Waals surface area contributed by atoms with Gasteiger partial charge in [-0.25, -0.2) is 4.98 Å². The maximum atomic E-state index is 6.58. The number of rotatable bonds is 6. The molecule has 184 valence electrons. The summed E-state index contributed by atoms with van der Waals surface area (Å²) in [6.07, 6.45) is 18.8. The molecule has 6 rings (SSSR count). The van der Waals surface area contributed by atoms with Crippen LogP contribution >= 0.6 is 0 Å². The number of nitrogens with one attached hydrogen (secondary N) is 1. The molecule has 0 aliphatic heterocycles. The van der Waals surface area contributed by atoms with Crippen molar-refractivity contribution in [3.8, 4) is 11.4 Å². The summed E-state index contributed by atoms with van der Waals surface area (Å²) in [6, 6.07) is 19.4. The van der Waals surface area contributed by atoms with Crippen molar-refractivity contribution in [2.75, 3.05) is 10.4 Å². The van der Waals surface area contributed by atoms with Gasteiger partial charge >= 0.3 is 0 Å². The predicted molar refractivity (Wildman–Crippen MR) is 148 cm³/mol. The van der Waals surface area contributed by atoms with Gasteiger partial charge < -0.3 is 10.3 Å². The summed E-state index contributed by atoms with van der Waals surface area (Å²) in [4.78, 5) is 5.27. The van der Waals surface area contributed by atoms with Crippen LogP contribution in [0.5, 0.6) is 0 Å². The van der Waals surface area contributed by atoms with Crippen LogP contribution in [-0.4, -0.2) is 9.55 Å². The van der Waals surface area contributed by atoms with Crippen molar-refractivity contribution in [2.45, 2.75) is 63.8 Å². The predicted octanol–water partition coefficient (Wildman–Crippen LogP) is 7.06. The summed E-state index contributed by atoms with van der Waals surface area (Å²) in [5, 5.41) is 2.20. The lowest BCUT2D eigenvalue weighted by atomic mass is 9.99. The minimum Gasteiger partial charge on any atom is -0.401 e. The number of allylic oxidation sites excluding steroid dienone is 6. The van der Waals surface area contributed by atoms with Gasteiger partial charge in [0.15, 0.2) is 0 Å². The highest BCUT2D eigenvalue weighted by Crippen LogP contribution is 2.38. The molecule has 3 aliphatic carbocycles. The Hall–Kier alpha value is -3.73. The van der Waals surface area contributed by atoms with Crippen molar-refractivity contribution < 1.29 is 0 Å². The molecule has 3 aromatic rings. The molecule has 1 aromatic heterocycles. The number of imidazole rings is 1. The van der Waals surface area contributed by atoms with Gasteiger partial charge in [-0.1, -0.05) is 54.6 Å². The third kappa shape index (κ3) is 4.34. The molecule has 0 saturated carbocycles. The Morgan fingerprint density at radius 3 is 2.47 bits per heavy atom. The average molecular weight is 478 g/mol. The number of nitrogens with two attached hydrogens (primary N) is 1. The van der Waals surface area contributed by atoms with E-state index in [-0.39, 0.29) is 0 Å². The number of benzene rings is 2. The van der Waals surface area contributed by atoms with E-state index in [1.807, 2.05) is 0 Å². The average Bonchev–Trinajstić information content (AvgIpc) is 3.33. The van der Waals surface area contributed by atoms with Gasteiger partial charge in [-0.15, -0.1) is 0 Å². The maximum absolute atomic E-state index is 6.58. The lowest BCUT2D eigenvalue weighted by Gasteiger charge is -2.33. The first-order chi connectivity index (χ1) is 17.8. The van der Waals surface area contributed by atoms with Gasteiger partial charge in [-0.2, -0.15) is 0 Å². The molecule has 0 amide bonds. The first kappa shape index (κ1) is 22.7. The first-order valence-corrected chi connectivity index (χ1v) is 13.4. The molecule has 0 spiro atoms. The SMILES string of the molecule is NC1=C(N(Nc2ccccc2-c2nc3c(n2C2C=CC=CC2)CCCC3)c2ccccc2)CCCC1. The Morgan fingerprint density at radius 2 is 1.64 bits per heavy atom. The van der Waals surface area contributed by atoms with Gasteiger partial charge in [0.2, 0.25) is 0 Å².